The molecule has 0 aromatic carbocycles. The van der Waals surface area contributed by atoms with Crippen LogP contribution >= 0.6 is 12.2 Å². The summed E-state index contributed by atoms with van der Waals surface area (Å²) in [7, 11) is 0. The molecule has 19 heavy (non-hydrogen) atoms. The lowest BCUT2D eigenvalue weighted by molar-refractivity contribution is -0.147. The molecule has 0 spiro atoms. The van der Waals surface area contributed by atoms with Gasteiger partial charge in [-0.15, -0.1) is 0 Å². The van der Waals surface area contributed by atoms with E-state index in [1.54, 1.807) is 4.90 Å². The van der Waals surface area contributed by atoms with Gasteiger partial charge in [0.15, 0.2) is 0 Å². The molecule has 2 heterocycles. The summed E-state index contributed by atoms with van der Waals surface area (Å²) < 4.78 is 0. The molecule has 2 saturated heterocycles. The number of fused-ring (bicyclic) bond motifs is 1. The first-order valence-electron chi connectivity index (χ1n) is 5.89. The maximum Gasteiger partial charge on any atom is 0.317 e. The number of piperazine rings is 1. The van der Waals surface area contributed by atoms with Gasteiger partial charge in [-0.3, -0.25) is 9.59 Å². The molecule has 2 rings (SSSR count). The van der Waals surface area contributed by atoms with Crippen LogP contribution in [0.4, 0.5) is 4.79 Å². The fourth-order valence-corrected chi connectivity index (χ4v) is 2.25. The third-order valence-corrected chi connectivity index (χ3v) is 3.28. The Morgan fingerprint density at radius 1 is 1.47 bits per heavy atom. The van der Waals surface area contributed by atoms with E-state index in [-0.39, 0.29) is 23.6 Å². The molecule has 1 unspecified atom stereocenters. The quantitative estimate of drug-likeness (QED) is 0.388. The number of nitrogens with two attached hydrogens (primary N) is 1. The molecule has 0 aromatic heterocycles. The van der Waals surface area contributed by atoms with Crippen molar-refractivity contribution in [2.24, 2.45) is 5.73 Å². The molecule has 0 aliphatic carbocycles. The van der Waals surface area contributed by atoms with E-state index in [0.717, 1.165) is 0 Å². The van der Waals surface area contributed by atoms with Crippen LogP contribution in [0.1, 0.15) is 0 Å². The van der Waals surface area contributed by atoms with Gasteiger partial charge in [0.2, 0.25) is 0 Å². The Bertz CT molecular complexity index is 441. The molecule has 1 atom stereocenters. The Morgan fingerprint density at radius 2 is 2.21 bits per heavy atom. The number of rotatable bonds is 2. The average molecular weight is 285 g/mol. The maximum atomic E-state index is 11.9. The number of amides is 4. The number of carbonyl (C=O) groups excluding carboxylic acids is 3. The van der Waals surface area contributed by atoms with E-state index >= 15 is 0 Å². The molecule has 2 aliphatic rings. The summed E-state index contributed by atoms with van der Waals surface area (Å²) >= 11 is 4.62. The summed E-state index contributed by atoms with van der Waals surface area (Å²) in [6.45, 7) is 1.65. The number of hydrogen-bond acceptors (Lipinski definition) is 4. The van der Waals surface area contributed by atoms with Crippen LogP contribution < -0.4 is 16.4 Å². The Kier molecular flexibility index (Phi) is 3.84. The largest absolute Gasteiger partial charge is 0.392 e. The van der Waals surface area contributed by atoms with E-state index in [1.165, 1.54) is 4.90 Å². The molecule has 104 valence electrons. The average Bonchev–Trinajstić information content (AvgIpc) is 2.76. The fourth-order valence-electron chi connectivity index (χ4n) is 2.18. The van der Waals surface area contributed by atoms with Gasteiger partial charge in [-0.05, 0) is 0 Å². The van der Waals surface area contributed by atoms with Gasteiger partial charge in [0, 0.05) is 26.2 Å². The van der Waals surface area contributed by atoms with E-state index in [1.807, 2.05) is 0 Å². The Labute approximate surface area is 115 Å². The number of urea groups is 1. The van der Waals surface area contributed by atoms with Crippen LogP contribution in [-0.2, 0) is 9.59 Å². The van der Waals surface area contributed by atoms with E-state index in [0.29, 0.717) is 26.2 Å². The first-order chi connectivity index (χ1) is 8.99. The second-order valence-corrected chi connectivity index (χ2v) is 4.96. The lowest BCUT2D eigenvalue weighted by Gasteiger charge is -2.35. The van der Waals surface area contributed by atoms with E-state index in [4.69, 9.17) is 5.73 Å². The molecule has 0 radical (unpaired) electrons. The molecule has 2 fully saturated rings. The van der Waals surface area contributed by atoms with Gasteiger partial charge in [-0.2, -0.15) is 0 Å². The molecule has 8 nitrogen and oxygen atoms in total. The zero-order chi connectivity index (χ0) is 14.0. The highest BCUT2D eigenvalue weighted by Gasteiger charge is 2.38. The van der Waals surface area contributed by atoms with Crippen molar-refractivity contribution in [1.82, 2.24) is 20.4 Å². The lowest BCUT2D eigenvalue weighted by atomic mass is 10.2. The minimum atomic E-state index is -0.724. The second-order valence-electron chi connectivity index (χ2n) is 4.43. The lowest BCUT2D eigenvalue weighted by Crippen LogP contribution is -2.56. The van der Waals surface area contributed by atoms with E-state index in [2.05, 4.69) is 22.9 Å². The molecular weight excluding hydrogens is 270 g/mol. The number of nitrogens with zero attached hydrogens (tertiary/aromatic N) is 2. The summed E-state index contributed by atoms with van der Waals surface area (Å²) in [5, 5.41) is 5.06. The summed E-state index contributed by atoms with van der Waals surface area (Å²) in [6, 6.07) is -0.177. The zero-order valence-electron chi connectivity index (χ0n) is 10.2. The Balaban J connectivity index is 1.89. The maximum absolute atomic E-state index is 11.9. The summed E-state index contributed by atoms with van der Waals surface area (Å²) in [5.41, 5.74) is 5.24. The number of carbonyl (C=O) groups is 3. The van der Waals surface area contributed by atoms with Gasteiger partial charge in [0.1, 0.15) is 0 Å². The predicted octanol–water partition coefficient (Wildman–Crippen LogP) is -2.38. The van der Waals surface area contributed by atoms with Crippen LogP contribution in [0.5, 0.6) is 0 Å². The van der Waals surface area contributed by atoms with Gasteiger partial charge >= 0.3 is 17.8 Å². The third-order valence-electron chi connectivity index (χ3n) is 3.14. The minimum absolute atomic E-state index is 0.00332. The summed E-state index contributed by atoms with van der Waals surface area (Å²) in [5.74, 6) is -1.34. The van der Waals surface area contributed by atoms with Crippen LogP contribution in [0.25, 0.3) is 0 Å². The highest BCUT2D eigenvalue weighted by Crippen LogP contribution is 2.14. The molecule has 0 bridgehead atoms. The number of nitrogens with one attached hydrogen (secondary N) is 2. The van der Waals surface area contributed by atoms with Crippen molar-refractivity contribution in [1.29, 1.82) is 0 Å². The number of thiocarbonyl (C=S) groups is 1. The zero-order valence-corrected chi connectivity index (χ0v) is 11.0. The smallest absolute Gasteiger partial charge is 0.317 e. The van der Waals surface area contributed by atoms with Crippen LogP contribution in [0.15, 0.2) is 0 Å². The van der Waals surface area contributed by atoms with Crippen molar-refractivity contribution in [2.45, 2.75) is 6.04 Å². The van der Waals surface area contributed by atoms with Crippen LogP contribution in [0.2, 0.25) is 0 Å². The first-order valence-corrected chi connectivity index (χ1v) is 6.29. The topological polar surface area (TPSA) is 108 Å². The number of hydrogen-bond donors (Lipinski definition) is 3. The van der Waals surface area contributed by atoms with Gasteiger partial charge in [-0.1, -0.05) is 12.2 Å². The molecule has 4 amide bonds. The minimum Gasteiger partial charge on any atom is -0.392 e. The van der Waals surface area contributed by atoms with Crippen molar-refractivity contribution in [3.63, 3.8) is 0 Å². The van der Waals surface area contributed by atoms with Gasteiger partial charge < -0.3 is 26.2 Å². The summed E-state index contributed by atoms with van der Waals surface area (Å²) in [4.78, 5) is 38.1. The predicted molar refractivity (Wildman–Crippen MR) is 70.3 cm³/mol. The van der Waals surface area contributed by atoms with Crippen LogP contribution in [0, 0.1) is 0 Å². The first kappa shape index (κ1) is 13.5. The van der Waals surface area contributed by atoms with Crippen molar-refractivity contribution >= 4 is 35.1 Å². The second kappa shape index (κ2) is 5.39. The van der Waals surface area contributed by atoms with Crippen molar-refractivity contribution in [3.8, 4) is 0 Å². The molecule has 2 aliphatic heterocycles. The van der Waals surface area contributed by atoms with E-state index in [9.17, 15) is 14.4 Å². The Hall–Kier alpha value is -1.90. The van der Waals surface area contributed by atoms with E-state index < -0.39 is 11.8 Å². The normalized spacial score (nSPS) is 21.7. The van der Waals surface area contributed by atoms with Crippen molar-refractivity contribution in [3.05, 3.63) is 0 Å². The van der Waals surface area contributed by atoms with Gasteiger partial charge in [-0.25, -0.2) is 4.79 Å². The Morgan fingerprint density at radius 3 is 2.89 bits per heavy atom. The van der Waals surface area contributed by atoms with Crippen molar-refractivity contribution < 1.29 is 14.4 Å². The fraction of sp³-hybridized carbons (Fsp3) is 0.600. The third kappa shape index (κ3) is 2.92. The van der Waals surface area contributed by atoms with Gasteiger partial charge in [0.25, 0.3) is 0 Å². The summed E-state index contributed by atoms with van der Waals surface area (Å²) in [6.07, 6.45) is 0. The van der Waals surface area contributed by atoms with Crippen LogP contribution in [-0.4, -0.2) is 71.4 Å². The molecule has 0 saturated carbocycles. The highest BCUT2D eigenvalue weighted by molar-refractivity contribution is 7.80. The SMILES string of the molecule is NC(=S)CNC(=O)C(=O)N1CCN2C(=O)NCC2C1. The standard InChI is InChI=1S/C10H15N5O3S/c11-7(19)4-12-8(16)9(17)14-1-2-15-6(5-14)3-13-10(15)18/h6H,1-5H2,(H2,11,19)(H,12,16)(H,13,18). The van der Waals surface area contributed by atoms with Gasteiger partial charge in [0.05, 0.1) is 17.6 Å². The molecule has 4 N–H and O–H groups in total. The van der Waals surface area contributed by atoms with Crippen molar-refractivity contribution in [2.75, 3.05) is 32.7 Å². The highest BCUT2D eigenvalue weighted by atomic mass is 32.1. The van der Waals surface area contributed by atoms with Crippen LogP contribution in [0.3, 0.4) is 0 Å². The molecule has 0 aromatic rings. The monoisotopic (exact) mass is 285 g/mol. The molecule has 9 heteroatoms. The molecular formula is C10H15N5O3S.